The van der Waals surface area contributed by atoms with Crippen molar-refractivity contribution in [3.63, 3.8) is 0 Å². The van der Waals surface area contributed by atoms with Crippen molar-refractivity contribution in [1.82, 2.24) is 15.2 Å². The van der Waals surface area contributed by atoms with Crippen molar-refractivity contribution in [2.75, 3.05) is 20.1 Å². The van der Waals surface area contributed by atoms with Gasteiger partial charge in [-0.2, -0.15) is 19.8 Å². The Balaban J connectivity index is 0.000000523. The van der Waals surface area contributed by atoms with E-state index < -0.39 is 5.39 Å². The van der Waals surface area contributed by atoms with Crippen LogP contribution in [0, 0.1) is 87.3 Å². The van der Waals surface area contributed by atoms with Crippen LogP contribution < -0.4 is 0 Å². The van der Waals surface area contributed by atoms with Crippen molar-refractivity contribution < 1.29 is 72.8 Å². The molecule has 166 valence electrons. The Labute approximate surface area is 214 Å². The van der Waals surface area contributed by atoms with Gasteiger partial charge in [0.25, 0.3) is 0 Å². The number of rotatable bonds is 3. The summed E-state index contributed by atoms with van der Waals surface area (Å²) in [6, 6.07) is 0. The standard InChI is InChI=1S/C14H22N2.C6H12.Ar.H3NO3.Ru/c1-15-2-3-16(10-15)14-7-11-4-12(8-14)6-13(5-11)9-14;1-4-6(3)5-2;;2-1(3)4;/h7,10-13H,2-6,8-9H2,1H3;4-6H,1-3H3;;2-4H;/q2*-2;;;+4. The molecule has 3 N–H and O–H groups in total. The molecule has 4 bridgehead atoms. The Bertz CT molecular complexity index is 389. The maximum absolute atomic E-state index is 7.00. The van der Waals surface area contributed by atoms with E-state index in [-0.39, 0.29) is 57.2 Å². The molecular formula is C20H37ArN3O3Ru. The fourth-order valence-corrected chi connectivity index (χ4v) is 5.22. The Kier molecular flexibility index (Phi) is 14.7. The van der Waals surface area contributed by atoms with Crippen molar-refractivity contribution in [3.05, 3.63) is 25.9 Å². The molecule has 2 atom stereocenters. The van der Waals surface area contributed by atoms with Crippen LogP contribution in [-0.2, 0) is 19.5 Å². The number of likely N-dealkylation sites (N-methyl/N-ethyl adjacent to an activating group) is 1. The third-order valence-corrected chi connectivity index (χ3v) is 6.42. The smallest absolute Gasteiger partial charge is 0.462 e. The molecule has 1 saturated heterocycles. The van der Waals surface area contributed by atoms with Gasteiger partial charge in [-0.25, -0.2) is 6.67 Å². The van der Waals surface area contributed by atoms with Crippen LogP contribution in [0.15, 0.2) is 0 Å². The first-order valence-corrected chi connectivity index (χ1v) is 9.91. The first-order chi connectivity index (χ1) is 12.3. The van der Waals surface area contributed by atoms with Crippen LogP contribution in [0.5, 0.6) is 0 Å². The zero-order valence-electron chi connectivity index (χ0n) is 17.5. The van der Waals surface area contributed by atoms with Crippen molar-refractivity contribution in [1.29, 1.82) is 0 Å². The molecule has 0 aromatic heterocycles. The summed E-state index contributed by atoms with van der Waals surface area (Å²) >= 11 is 0. The molecule has 0 radical (unpaired) electrons. The minimum absolute atomic E-state index is 0. The van der Waals surface area contributed by atoms with E-state index in [1.54, 1.807) is 0 Å². The van der Waals surface area contributed by atoms with Gasteiger partial charge in [-0.15, -0.1) is 12.5 Å². The predicted molar refractivity (Wildman–Crippen MR) is 101 cm³/mol. The first kappa shape index (κ1) is 29.6. The summed E-state index contributed by atoms with van der Waals surface area (Å²) in [5, 5.41) is 20.0. The maximum atomic E-state index is 7.00. The Morgan fingerprint density at radius 1 is 1.04 bits per heavy atom. The van der Waals surface area contributed by atoms with Crippen LogP contribution in [0.2, 0.25) is 0 Å². The summed E-state index contributed by atoms with van der Waals surface area (Å²) in [4.78, 5) is 5.02. The van der Waals surface area contributed by atoms with Gasteiger partial charge in [0.2, 0.25) is 0 Å². The zero-order valence-corrected chi connectivity index (χ0v) is 19.9. The zero-order chi connectivity index (χ0) is 19.3. The number of hydrogen-bond donors (Lipinski definition) is 3. The van der Waals surface area contributed by atoms with E-state index in [1.165, 1.54) is 45.2 Å². The van der Waals surface area contributed by atoms with Gasteiger partial charge in [0, 0.05) is 37.7 Å². The second kappa shape index (κ2) is 13.9. The van der Waals surface area contributed by atoms with Crippen LogP contribution in [0.3, 0.4) is 0 Å². The molecule has 5 aliphatic rings. The predicted octanol–water partition coefficient (Wildman–Crippen LogP) is 3.66. The fraction of sp³-hybridized carbons (Fsp3) is 0.800. The molecule has 2 unspecified atom stereocenters. The van der Waals surface area contributed by atoms with Gasteiger partial charge in [-0.3, -0.25) is 15.6 Å². The van der Waals surface area contributed by atoms with E-state index in [0.29, 0.717) is 11.5 Å². The normalized spacial score (nSPS) is 33.5. The van der Waals surface area contributed by atoms with E-state index in [9.17, 15) is 0 Å². The van der Waals surface area contributed by atoms with E-state index >= 15 is 0 Å². The Morgan fingerprint density at radius 3 is 1.86 bits per heavy atom. The monoisotopic (exact) mass is 509 g/mol. The average Bonchev–Trinajstić information content (AvgIpc) is 3.00. The summed E-state index contributed by atoms with van der Waals surface area (Å²) in [7, 11) is 2.21. The molecule has 4 aliphatic carbocycles. The molecule has 5 rings (SSSR count). The topological polar surface area (TPSA) is 70.4 Å². The van der Waals surface area contributed by atoms with Crippen molar-refractivity contribution >= 4 is 0 Å². The van der Waals surface area contributed by atoms with Crippen molar-refractivity contribution in [2.24, 2.45) is 23.7 Å². The molecule has 0 amide bonds. The van der Waals surface area contributed by atoms with E-state index in [4.69, 9.17) is 15.6 Å². The summed E-state index contributed by atoms with van der Waals surface area (Å²) in [6.45, 7) is 11.2. The number of hydrogen-bond acceptors (Lipinski definition) is 6. The van der Waals surface area contributed by atoms with E-state index in [1.807, 2.05) is 0 Å². The molecule has 4 saturated carbocycles. The molecule has 1 aliphatic heterocycles. The Hall–Kier alpha value is 1.64. The van der Waals surface area contributed by atoms with Crippen molar-refractivity contribution in [3.8, 4) is 0 Å². The molecule has 0 aromatic carbocycles. The average molecular weight is 509 g/mol. The van der Waals surface area contributed by atoms with Gasteiger partial charge >= 0.3 is 19.5 Å². The molecular weight excluding hydrogens is 471 g/mol. The SMILES string of the molecule is CN1[CH-]N(C23[CH-]C4CC(CC(C4)C2)C3)CC1.C[CH-]C(C)[CH-]C.ON(O)O.[Ar].[Ru+4]. The molecule has 0 aromatic rings. The molecule has 5 fully saturated rings. The second-order valence-corrected chi connectivity index (χ2v) is 8.46. The summed E-state index contributed by atoms with van der Waals surface area (Å²) < 4.78 is 0. The van der Waals surface area contributed by atoms with E-state index in [0.717, 1.165) is 17.8 Å². The van der Waals surface area contributed by atoms with E-state index in [2.05, 4.69) is 63.5 Å². The first-order valence-electron chi connectivity index (χ1n) is 9.91. The minimum Gasteiger partial charge on any atom is -0.462 e. The summed E-state index contributed by atoms with van der Waals surface area (Å²) in [5.74, 6) is 3.72. The minimum atomic E-state index is -1.00. The van der Waals surface area contributed by atoms with Crippen LogP contribution >= 0.6 is 0 Å². The molecule has 1 heterocycles. The van der Waals surface area contributed by atoms with Crippen LogP contribution in [0.4, 0.5) is 0 Å². The third-order valence-electron chi connectivity index (χ3n) is 6.42. The van der Waals surface area contributed by atoms with Gasteiger partial charge in [-0.05, 0) is 38.4 Å². The molecule has 8 heteroatoms. The van der Waals surface area contributed by atoms with Crippen molar-refractivity contribution in [2.45, 2.75) is 58.4 Å². The molecule has 0 spiro atoms. The maximum Gasteiger partial charge on any atom is 4.00 e. The van der Waals surface area contributed by atoms with Gasteiger partial charge in [0.1, 0.15) is 0 Å². The van der Waals surface area contributed by atoms with Gasteiger partial charge < -0.3 is 35.0 Å². The fourth-order valence-electron chi connectivity index (χ4n) is 5.22. The van der Waals surface area contributed by atoms with Gasteiger partial charge in [0.15, 0.2) is 0 Å². The van der Waals surface area contributed by atoms with Crippen LogP contribution in [0.1, 0.15) is 52.9 Å². The van der Waals surface area contributed by atoms with Gasteiger partial charge in [0.05, 0.1) is 5.39 Å². The number of nitrogens with zero attached hydrogens (tertiary/aromatic N) is 3. The summed E-state index contributed by atoms with van der Waals surface area (Å²) in [6.07, 6.45) is 14.5. The molecule has 28 heavy (non-hydrogen) atoms. The summed E-state index contributed by atoms with van der Waals surface area (Å²) in [5.41, 5.74) is 0.472. The van der Waals surface area contributed by atoms with Crippen LogP contribution in [-0.4, -0.2) is 56.5 Å². The molecule has 6 nitrogen and oxygen atoms in total. The quantitative estimate of drug-likeness (QED) is 0.307. The van der Waals surface area contributed by atoms with Gasteiger partial charge in [-0.1, -0.05) is 25.7 Å². The van der Waals surface area contributed by atoms with Crippen LogP contribution in [0.25, 0.3) is 0 Å². The largest absolute Gasteiger partial charge is 4.00 e. The third kappa shape index (κ3) is 8.64. The second-order valence-electron chi connectivity index (χ2n) is 8.46. The Morgan fingerprint density at radius 2 is 1.54 bits per heavy atom.